The fraction of sp³-hybridized carbons (Fsp3) is 0.235. The van der Waals surface area contributed by atoms with Crippen molar-refractivity contribution in [1.82, 2.24) is 24.7 Å². The number of rotatable bonds is 4. The summed E-state index contributed by atoms with van der Waals surface area (Å²) >= 11 is 0. The number of pyridine rings is 1. The van der Waals surface area contributed by atoms with Gasteiger partial charge in [-0.1, -0.05) is 0 Å². The van der Waals surface area contributed by atoms with Gasteiger partial charge in [0.25, 0.3) is 5.56 Å². The Morgan fingerprint density at radius 2 is 2.00 bits per heavy atom. The van der Waals surface area contributed by atoms with E-state index in [0.717, 1.165) is 5.56 Å². The lowest BCUT2D eigenvalue weighted by Crippen LogP contribution is -2.37. The van der Waals surface area contributed by atoms with Crippen LogP contribution in [0.1, 0.15) is 6.04 Å². The van der Waals surface area contributed by atoms with Gasteiger partial charge in [-0.25, -0.2) is 9.67 Å². The summed E-state index contributed by atoms with van der Waals surface area (Å²) in [7, 11) is 0. The zero-order valence-electron chi connectivity index (χ0n) is 13.3. The molecule has 25 heavy (non-hydrogen) atoms. The average Bonchev–Trinajstić information content (AvgIpc) is 3.11. The molecule has 8 heteroatoms. The molecule has 0 aliphatic carbocycles. The topological polar surface area (TPSA) is 94.8 Å². The molecule has 126 valence electrons. The number of anilines is 1. The Morgan fingerprint density at radius 1 is 1.08 bits per heavy atom. The molecule has 0 radical (unpaired) electrons. The zero-order valence-corrected chi connectivity index (χ0v) is 13.3. The van der Waals surface area contributed by atoms with E-state index in [1.807, 2.05) is 12.1 Å². The van der Waals surface area contributed by atoms with Crippen molar-refractivity contribution in [3.8, 4) is 11.3 Å². The van der Waals surface area contributed by atoms with Crippen LogP contribution in [0.15, 0.2) is 60.0 Å². The maximum absolute atomic E-state index is 12.4. The van der Waals surface area contributed by atoms with Crippen LogP contribution in [-0.2, 0) is 4.74 Å². The first kappa shape index (κ1) is 15.4. The van der Waals surface area contributed by atoms with Crippen molar-refractivity contribution in [2.75, 3.05) is 18.5 Å². The smallest absolute Gasteiger partial charge is 0.267 e. The van der Waals surface area contributed by atoms with Gasteiger partial charge in [-0.15, -0.1) is 0 Å². The number of ether oxygens (including phenoxy) is 1. The Balaban J connectivity index is 1.65. The van der Waals surface area contributed by atoms with Crippen LogP contribution in [0.4, 0.5) is 5.82 Å². The highest BCUT2D eigenvalue weighted by Crippen LogP contribution is 2.22. The van der Waals surface area contributed by atoms with Crippen LogP contribution >= 0.6 is 0 Å². The number of nitrogens with one attached hydrogen (secondary N) is 1. The highest BCUT2D eigenvalue weighted by molar-refractivity contribution is 5.56. The third-order valence-electron chi connectivity index (χ3n) is 4.04. The molecule has 1 aliphatic heterocycles. The molecule has 0 amide bonds. The molecule has 1 N–H and O–H groups in total. The van der Waals surface area contributed by atoms with E-state index in [4.69, 9.17) is 4.74 Å². The number of hydrogen-bond acceptors (Lipinski definition) is 7. The lowest BCUT2D eigenvalue weighted by atomic mass is 10.1. The predicted octanol–water partition coefficient (Wildman–Crippen LogP) is 1.15. The minimum atomic E-state index is -0.230. The van der Waals surface area contributed by atoms with Crippen LogP contribution in [0.3, 0.4) is 0 Å². The fourth-order valence-electron chi connectivity index (χ4n) is 2.82. The van der Waals surface area contributed by atoms with E-state index in [0.29, 0.717) is 24.7 Å². The Labute approximate surface area is 143 Å². The quantitative estimate of drug-likeness (QED) is 0.763. The van der Waals surface area contributed by atoms with E-state index >= 15 is 0 Å². The molecule has 3 aromatic heterocycles. The summed E-state index contributed by atoms with van der Waals surface area (Å²) < 4.78 is 7.05. The van der Waals surface area contributed by atoms with E-state index in [9.17, 15) is 4.79 Å². The van der Waals surface area contributed by atoms with Crippen LogP contribution in [0.25, 0.3) is 11.3 Å². The Bertz CT molecular complexity index is 900. The Hall–Kier alpha value is -3.13. The SMILES string of the molecule is O=c1ccc(-c2cccnc2)nn1C1COCC1Nc1cnccn1. The standard InChI is InChI=1S/C17H16N6O2/c24-17-4-3-13(12-2-1-5-18-8-12)22-23(17)15-11-25-10-14(15)21-16-9-19-6-7-20-16/h1-9,14-15H,10-11H2,(H,20,21). The van der Waals surface area contributed by atoms with Crippen LogP contribution in [0, 0.1) is 0 Å². The van der Waals surface area contributed by atoms with Gasteiger partial charge in [-0.3, -0.25) is 14.8 Å². The lowest BCUT2D eigenvalue weighted by molar-refractivity contribution is 0.183. The summed E-state index contributed by atoms with van der Waals surface area (Å²) in [5.74, 6) is 0.638. The molecule has 0 saturated carbocycles. The van der Waals surface area contributed by atoms with Crippen LogP contribution in [0.2, 0.25) is 0 Å². The zero-order chi connectivity index (χ0) is 17.1. The van der Waals surface area contributed by atoms with Gasteiger partial charge in [0.1, 0.15) is 11.9 Å². The molecule has 4 heterocycles. The molecule has 2 unspecified atom stereocenters. The molecule has 8 nitrogen and oxygen atoms in total. The minimum Gasteiger partial charge on any atom is -0.377 e. The van der Waals surface area contributed by atoms with Gasteiger partial charge >= 0.3 is 0 Å². The molecule has 1 saturated heterocycles. The number of nitrogens with zero attached hydrogens (tertiary/aromatic N) is 5. The maximum atomic E-state index is 12.4. The molecular weight excluding hydrogens is 320 g/mol. The van der Waals surface area contributed by atoms with E-state index in [1.54, 1.807) is 37.1 Å². The summed E-state index contributed by atoms with van der Waals surface area (Å²) in [5.41, 5.74) is 1.38. The fourth-order valence-corrected chi connectivity index (χ4v) is 2.82. The van der Waals surface area contributed by atoms with Crippen molar-refractivity contribution in [2.45, 2.75) is 12.1 Å². The van der Waals surface area contributed by atoms with Gasteiger partial charge in [0.2, 0.25) is 0 Å². The van der Waals surface area contributed by atoms with Gasteiger partial charge in [0, 0.05) is 36.4 Å². The highest BCUT2D eigenvalue weighted by Gasteiger charge is 2.31. The average molecular weight is 336 g/mol. The largest absolute Gasteiger partial charge is 0.377 e. The monoisotopic (exact) mass is 336 g/mol. The molecule has 1 fully saturated rings. The summed E-state index contributed by atoms with van der Waals surface area (Å²) in [4.78, 5) is 24.7. The number of hydrogen-bond donors (Lipinski definition) is 1. The van der Waals surface area contributed by atoms with Crippen molar-refractivity contribution in [3.05, 3.63) is 65.6 Å². The molecule has 3 aromatic rings. The van der Waals surface area contributed by atoms with E-state index in [1.165, 1.54) is 10.7 Å². The van der Waals surface area contributed by atoms with Crippen LogP contribution in [0.5, 0.6) is 0 Å². The minimum absolute atomic E-state index is 0.119. The molecule has 0 aromatic carbocycles. The van der Waals surface area contributed by atoms with Gasteiger partial charge < -0.3 is 10.1 Å². The van der Waals surface area contributed by atoms with Crippen LogP contribution in [-0.4, -0.2) is 44.0 Å². The van der Waals surface area contributed by atoms with Crippen molar-refractivity contribution in [2.24, 2.45) is 0 Å². The van der Waals surface area contributed by atoms with Crippen molar-refractivity contribution in [3.63, 3.8) is 0 Å². The first-order valence-electron chi connectivity index (χ1n) is 7.92. The highest BCUT2D eigenvalue weighted by atomic mass is 16.5. The normalized spacial score (nSPS) is 19.7. The maximum Gasteiger partial charge on any atom is 0.267 e. The van der Waals surface area contributed by atoms with E-state index in [-0.39, 0.29) is 17.6 Å². The lowest BCUT2D eigenvalue weighted by Gasteiger charge is -2.20. The Kier molecular flexibility index (Phi) is 4.17. The molecule has 4 rings (SSSR count). The third-order valence-corrected chi connectivity index (χ3v) is 4.04. The second-order valence-electron chi connectivity index (χ2n) is 5.69. The third kappa shape index (κ3) is 3.24. The first-order chi connectivity index (χ1) is 12.3. The van der Waals surface area contributed by atoms with Crippen LogP contribution < -0.4 is 10.9 Å². The second kappa shape index (κ2) is 6.78. The predicted molar refractivity (Wildman–Crippen MR) is 91.0 cm³/mol. The summed E-state index contributed by atoms with van der Waals surface area (Å²) in [6, 6.07) is 6.62. The van der Waals surface area contributed by atoms with Gasteiger partial charge in [0.15, 0.2) is 0 Å². The molecule has 2 atom stereocenters. The number of aromatic nitrogens is 5. The molecule has 0 bridgehead atoms. The van der Waals surface area contributed by atoms with Gasteiger partial charge in [0.05, 0.1) is 31.1 Å². The van der Waals surface area contributed by atoms with Crippen molar-refractivity contribution in [1.29, 1.82) is 0 Å². The molecule has 0 spiro atoms. The summed E-state index contributed by atoms with van der Waals surface area (Å²) in [6.07, 6.45) is 8.28. The van der Waals surface area contributed by atoms with E-state index in [2.05, 4.69) is 25.4 Å². The van der Waals surface area contributed by atoms with Crippen molar-refractivity contribution < 1.29 is 4.74 Å². The molecule has 1 aliphatic rings. The summed E-state index contributed by atoms with van der Waals surface area (Å²) in [5, 5.41) is 7.79. The summed E-state index contributed by atoms with van der Waals surface area (Å²) in [6.45, 7) is 0.869. The Morgan fingerprint density at radius 3 is 2.80 bits per heavy atom. The first-order valence-corrected chi connectivity index (χ1v) is 7.92. The van der Waals surface area contributed by atoms with Gasteiger partial charge in [-0.05, 0) is 18.2 Å². The van der Waals surface area contributed by atoms with Gasteiger partial charge in [-0.2, -0.15) is 5.10 Å². The van der Waals surface area contributed by atoms with E-state index < -0.39 is 0 Å². The second-order valence-corrected chi connectivity index (χ2v) is 5.69. The molecular formula is C17H16N6O2. The van der Waals surface area contributed by atoms with Crippen molar-refractivity contribution >= 4 is 5.82 Å².